The lowest BCUT2D eigenvalue weighted by Gasteiger charge is -2.15. The number of hydrogen-bond acceptors (Lipinski definition) is 6. The second kappa shape index (κ2) is 8.71. The van der Waals surface area contributed by atoms with E-state index in [0.29, 0.717) is 39.4 Å². The quantitative estimate of drug-likeness (QED) is 0.459. The van der Waals surface area contributed by atoms with Gasteiger partial charge in [0.05, 0.1) is 24.5 Å². The molecule has 31 heavy (non-hydrogen) atoms. The first-order chi connectivity index (χ1) is 15.0. The highest BCUT2D eigenvalue weighted by molar-refractivity contribution is 6.05. The lowest BCUT2D eigenvalue weighted by molar-refractivity contribution is -0.123. The Hall–Kier alpha value is -4.13. The molecule has 0 aliphatic rings. The molecule has 2 heterocycles. The zero-order valence-electron chi connectivity index (χ0n) is 17.0. The number of fused-ring (bicyclic) bond motifs is 1. The van der Waals surface area contributed by atoms with E-state index in [1.165, 1.54) is 13.2 Å². The van der Waals surface area contributed by atoms with E-state index >= 15 is 0 Å². The summed E-state index contributed by atoms with van der Waals surface area (Å²) in [4.78, 5) is 30.1. The maximum atomic E-state index is 13.0. The van der Waals surface area contributed by atoms with Crippen molar-refractivity contribution >= 4 is 28.5 Å². The molecule has 7 nitrogen and oxygen atoms in total. The molecule has 0 bridgehead atoms. The topological polar surface area (TPSA) is 90.7 Å². The largest absolute Gasteiger partial charge is 0.497 e. The predicted molar refractivity (Wildman–Crippen MR) is 116 cm³/mol. The van der Waals surface area contributed by atoms with Gasteiger partial charge < -0.3 is 19.2 Å². The number of methoxy groups -OCH3 is 1. The van der Waals surface area contributed by atoms with E-state index in [0.717, 1.165) is 0 Å². The van der Waals surface area contributed by atoms with Crippen LogP contribution in [0.3, 0.4) is 0 Å². The van der Waals surface area contributed by atoms with Gasteiger partial charge in [0, 0.05) is 17.1 Å². The Balaban J connectivity index is 1.56. The number of carbonyl (C=O) groups is 2. The summed E-state index contributed by atoms with van der Waals surface area (Å²) in [6, 6.07) is 19.3. The van der Waals surface area contributed by atoms with Crippen LogP contribution >= 0.6 is 0 Å². The molecule has 4 aromatic rings. The fraction of sp³-hybridized carbons (Fsp3) is 0.125. The van der Waals surface area contributed by atoms with Crippen LogP contribution in [0.4, 0.5) is 5.69 Å². The van der Waals surface area contributed by atoms with Gasteiger partial charge in [-0.15, -0.1) is 0 Å². The number of benzene rings is 2. The Morgan fingerprint density at radius 3 is 2.65 bits per heavy atom. The van der Waals surface area contributed by atoms with Crippen molar-refractivity contribution in [3.8, 4) is 17.2 Å². The van der Waals surface area contributed by atoms with Crippen LogP contribution in [0.2, 0.25) is 0 Å². The molecule has 156 valence electrons. The van der Waals surface area contributed by atoms with Gasteiger partial charge in [-0.2, -0.15) is 0 Å². The molecule has 7 heteroatoms. The fourth-order valence-electron chi connectivity index (χ4n) is 3.12. The average molecular weight is 416 g/mol. The SMILES string of the molecule is COc1cccc(NC(=O)C(C)OC(=O)c2cc(-c3ccco3)nc3ccccc23)c1. The van der Waals surface area contributed by atoms with E-state index < -0.39 is 18.0 Å². The third kappa shape index (κ3) is 4.40. The van der Waals surface area contributed by atoms with Crippen molar-refractivity contribution in [1.82, 2.24) is 4.98 Å². The van der Waals surface area contributed by atoms with Gasteiger partial charge >= 0.3 is 5.97 Å². The lowest BCUT2D eigenvalue weighted by atomic mass is 10.1. The number of carbonyl (C=O) groups excluding carboxylic acids is 2. The van der Waals surface area contributed by atoms with E-state index in [-0.39, 0.29) is 0 Å². The zero-order chi connectivity index (χ0) is 21.8. The molecule has 1 unspecified atom stereocenters. The molecule has 0 radical (unpaired) electrons. The summed E-state index contributed by atoms with van der Waals surface area (Å²) < 4.78 is 16.0. The summed E-state index contributed by atoms with van der Waals surface area (Å²) in [5.74, 6) is 0.0608. The molecule has 1 atom stereocenters. The summed E-state index contributed by atoms with van der Waals surface area (Å²) in [5, 5.41) is 3.35. The minimum absolute atomic E-state index is 0.304. The highest BCUT2D eigenvalue weighted by Crippen LogP contribution is 2.26. The van der Waals surface area contributed by atoms with Gasteiger partial charge in [-0.25, -0.2) is 9.78 Å². The number of amides is 1. The average Bonchev–Trinajstić information content (AvgIpc) is 3.33. The van der Waals surface area contributed by atoms with Gasteiger partial charge in [-0.3, -0.25) is 4.79 Å². The molecular weight excluding hydrogens is 396 g/mol. The molecule has 0 fully saturated rings. The van der Waals surface area contributed by atoms with E-state index in [1.807, 2.05) is 12.1 Å². The van der Waals surface area contributed by atoms with Crippen LogP contribution in [0.25, 0.3) is 22.4 Å². The van der Waals surface area contributed by atoms with Gasteiger partial charge in [0.2, 0.25) is 0 Å². The maximum Gasteiger partial charge on any atom is 0.339 e. The minimum atomic E-state index is -1.02. The summed E-state index contributed by atoms with van der Waals surface area (Å²) >= 11 is 0. The predicted octanol–water partition coefficient (Wildman–Crippen LogP) is 4.69. The summed E-state index contributed by atoms with van der Waals surface area (Å²) in [5.41, 5.74) is 1.97. The number of anilines is 1. The lowest BCUT2D eigenvalue weighted by Crippen LogP contribution is -2.30. The number of nitrogens with one attached hydrogen (secondary N) is 1. The Morgan fingerprint density at radius 1 is 1.03 bits per heavy atom. The third-order valence-corrected chi connectivity index (χ3v) is 4.70. The number of furan rings is 1. The Morgan fingerprint density at radius 2 is 1.87 bits per heavy atom. The fourth-order valence-corrected chi connectivity index (χ4v) is 3.12. The van der Waals surface area contributed by atoms with Crippen LogP contribution in [0, 0.1) is 0 Å². The first kappa shape index (κ1) is 20.2. The standard InChI is InChI=1S/C24H20N2O5/c1-15(23(27)25-16-7-5-8-17(13-16)29-2)31-24(28)19-14-21(22-11-6-12-30-22)26-20-10-4-3-9-18(19)20/h3-15H,1-2H3,(H,25,27). The second-order valence-electron chi connectivity index (χ2n) is 6.82. The van der Waals surface area contributed by atoms with Gasteiger partial charge in [0.25, 0.3) is 5.91 Å². The van der Waals surface area contributed by atoms with E-state index in [9.17, 15) is 9.59 Å². The van der Waals surface area contributed by atoms with Gasteiger partial charge in [-0.1, -0.05) is 24.3 Å². The van der Waals surface area contributed by atoms with Crippen LogP contribution in [-0.4, -0.2) is 30.1 Å². The van der Waals surface area contributed by atoms with Crippen LogP contribution in [0.1, 0.15) is 17.3 Å². The highest BCUT2D eigenvalue weighted by atomic mass is 16.5. The van der Waals surface area contributed by atoms with Crippen molar-refractivity contribution in [3.63, 3.8) is 0 Å². The summed E-state index contributed by atoms with van der Waals surface area (Å²) in [6.45, 7) is 1.52. The number of hydrogen-bond donors (Lipinski definition) is 1. The van der Waals surface area contributed by atoms with E-state index in [2.05, 4.69) is 10.3 Å². The molecule has 4 rings (SSSR count). The van der Waals surface area contributed by atoms with Crippen LogP contribution in [-0.2, 0) is 9.53 Å². The highest BCUT2D eigenvalue weighted by Gasteiger charge is 2.22. The first-order valence-electron chi connectivity index (χ1n) is 9.64. The monoisotopic (exact) mass is 416 g/mol. The molecule has 0 saturated carbocycles. The zero-order valence-corrected chi connectivity index (χ0v) is 17.0. The van der Waals surface area contributed by atoms with Crippen molar-refractivity contribution in [1.29, 1.82) is 0 Å². The molecule has 0 aliphatic heterocycles. The molecule has 1 amide bonds. The number of nitrogens with zero attached hydrogens (tertiary/aromatic N) is 1. The molecule has 2 aromatic heterocycles. The molecule has 1 N–H and O–H groups in total. The minimum Gasteiger partial charge on any atom is -0.497 e. The third-order valence-electron chi connectivity index (χ3n) is 4.70. The number of rotatable bonds is 6. The molecule has 0 aliphatic carbocycles. The van der Waals surface area contributed by atoms with Crippen molar-refractivity contribution in [2.45, 2.75) is 13.0 Å². The van der Waals surface area contributed by atoms with Gasteiger partial charge in [0.15, 0.2) is 11.9 Å². The van der Waals surface area contributed by atoms with Crippen molar-refractivity contribution in [3.05, 3.63) is 78.6 Å². The second-order valence-corrected chi connectivity index (χ2v) is 6.82. The normalized spacial score (nSPS) is 11.7. The number of ether oxygens (including phenoxy) is 2. The van der Waals surface area contributed by atoms with Crippen LogP contribution < -0.4 is 10.1 Å². The number of aromatic nitrogens is 1. The Labute approximate surface area is 178 Å². The summed E-state index contributed by atoms with van der Waals surface area (Å²) in [6.07, 6.45) is 0.521. The van der Waals surface area contributed by atoms with Crippen molar-refractivity contribution in [2.24, 2.45) is 0 Å². The van der Waals surface area contributed by atoms with Gasteiger partial charge in [0.1, 0.15) is 11.4 Å². The first-order valence-corrected chi connectivity index (χ1v) is 9.64. The maximum absolute atomic E-state index is 13.0. The van der Waals surface area contributed by atoms with Crippen LogP contribution in [0.5, 0.6) is 5.75 Å². The van der Waals surface area contributed by atoms with Crippen LogP contribution in [0.15, 0.2) is 77.4 Å². The van der Waals surface area contributed by atoms with Crippen molar-refractivity contribution < 1.29 is 23.5 Å². The smallest absolute Gasteiger partial charge is 0.339 e. The Bertz CT molecular complexity index is 1230. The molecular formula is C24H20N2O5. The number of para-hydroxylation sites is 1. The number of pyridine rings is 1. The number of esters is 1. The summed E-state index contributed by atoms with van der Waals surface area (Å²) in [7, 11) is 1.54. The molecule has 0 saturated heterocycles. The molecule has 2 aromatic carbocycles. The Kier molecular flexibility index (Phi) is 5.66. The van der Waals surface area contributed by atoms with Gasteiger partial charge in [-0.05, 0) is 43.3 Å². The van der Waals surface area contributed by atoms with E-state index in [1.54, 1.807) is 61.7 Å². The molecule has 0 spiro atoms. The van der Waals surface area contributed by atoms with Crippen molar-refractivity contribution in [2.75, 3.05) is 12.4 Å². The van der Waals surface area contributed by atoms with E-state index in [4.69, 9.17) is 13.9 Å².